The first-order valence-corrected chi connectivity index (χ1v) is 9.08. The molecule has 2 rings (SSSR count). The number of allylic oxidation sites excluding steroid dienone is 1. The summed E-state index contributed by atoms with van der Waals surface area (Å²) in [6.45, 7) is 3.89. The van der Waals surface area contributed by atoms with E-state index in [1.165, 1.54) is 30.2 Å². The van der Waals surface area contributed by atoms with E-state index < -0.39 is 17.7 Å². The van der Waals surface area contributed by atoms with Crippen molar-refractivity contribution in [2.24, 2.45) is 0 Å². The summed E-state index contributed by atoms with van der Waals surface area (Å²) < 4.78 is 23.7. The van der Waals surface area contributed by atoms with Crippen LogP contribution in [0, 0.1) is 5.82 Å². The first-order valence-electron chi connectivity index (χ1n) is 9.08. The van der Waals surface area contributed by atoms with Gasteiger partial charge < -0.3 is 19.7 Å². The highest BCUT2D eigenvalue weighted by Crippen LogP contribution is 2.37. The third kappa shape index (κ3) is 5.16. The average Bonchev–Trinajstić information content (AvgIpc) is 2.65. The van der Waals surface area contributed by atoms with E-state index in [4.69, 9.17) is 9.47 Å². The van der Waals surface area contributed by atoms with Gasteiger partial charge in [0.25, 0.3) is 0 Å². The Bertz CT molecular complexity index is 778. The number of carbonyl (C=O) groups excluding carboxylic acids is 3. The van der Waals surface area contributed by atoms with Crippen LogP contribution in [0.3, 0.4) is 0 Å². The Morgan fingerprint density at radius 3 is 2.75 bits per heavy atom. The molecule has 1 aliphatic heterocycles. The van der Waals surface area contributed by atoms with E-state index >= 15 is 0 Å². The lowest BCUT2D eigenvalue weighted by Gasteiger charge is -2.34. The van der Waals surface area contributed by atoms with Crippen molar-refractivity contribution in [3.05, 3.63) is 46.9 Å². The number of nitrogens with zero attached hydrogens (tertiary/aromatic N) is 1. The number of hydrogen-bond acceptors (Lipinski definition) is 5. The Labute approximate surface area is 163 Å². The van der Waals surface area contributed by atoms with Gasteiger partial charge in [-0.25, -0.2) is 9.18 Å². The minimum atomic E-state index is -0.630. The van der Waals surface area contributed by atoms with Gasteiger partial charge in [0.15, 0.2) is 0 Å². The molecule has 0 bridgehead atoms. The fourth-order valence-corrected chi connectivity index (χ4v) is 3.18. The maximum absolute atomic E-state index is 13.7. The number of halogens is 1. The lowest BCUT2D eigenvalue weighted by atomic mass is 9.83. The van der Waals surface area contributed by atoms with E-state index in [2.05, 4.69) is 5.32 Å². The Morgan fingerprint density at radius 1 is 1.36 bits per heavy atom. The van der Waals surface area contributed by atoms with Crippen LogP contribution >= 0.6 is 0 Å². The number of ether oxygens (including phenoxy) is 2. The maximum atomic E-state index is 13.7. The molecule has 1 atom stereocenters. The zero-order valence-electron chi connectivity index (χ0n) is 16.3. The highest BCUT2D eigenvalue weighted by Gasteiger charge is 2.37. The van der Waals surface area contributed by atoms with Crippen LogP contribution in [0.25, 0.3) is 0 Å². The van der Waals surface area contributed by atoms with Crippen LogP contribution in [0.4, 0.5) is 4.39 Å². The van der Waals surface area contributed by atoms with Crippen molar-refractivity contribution in [2.45, 2.75) is 26.2 Å². The molecule has 0 radical (unpaired) electrons. The standard InChI is InChI=1S/C20H25FN2O5/c1-4-28-20(26)19-13(2)23(12-17(24)22-8-9-27-3)18(25)11-16(19)14-6-5-7-15(21)10-14/h5-7,10,16H,4,8-9,11-12H2,1-3H3,(H,22,24)/t16-/m1/s1. The van der Waals surface area contributed by atoms with Gasteiger partial charge in [-0.3, -0.25) is 9.59 Å². The minimum absolute atomic E-state index is 0.0553. The van der Waals surface area contributed by atoms with Crippen molar-refractivity contribution < 1.29 is 28.2 Å². The number of amides is 2. The van der Waals surface area contributed by atoms with Gasteiger partial charge in [-0.15, -0.1) is 0 Å². The molecule has 1 aliphatic rings. The van der Waals surface area contributed by atoms with E-state index in [0.29, 0.717) is 24.4 Å². The van der Waals surface area contributed by atoms with Gasteiger partial charge in [0.1, 0.15) is 12.4 Å². The predicted octanol–water partition coefficient (Wildman–Crippen LogP) is 1.74. The number of methoxy groups -OCH3 is 1. The molecule has 0 saturated heterocycles. The van der Waals surface area contributed by atoms with E-state index in [9.17, 15) is 18.8 Å². The summed E-state index contributed by atoms with van der Waals surface area (Å²) in [5.74, 6) is -2.34. The lowest BCUT2D eigenvalue weighted by Crippen LogP contribution is -2.44. The van der Waals surface area contributed by atoms with Gasteiger partial charge in [-0.2, -0.15) is 0 Å². The molecule has 0 saturated carbocycles. The van der Waals surface area contributed by atoms with Crippen molar-refractivity contribution >= 4 is 17.8 Å². The van der Waals surface area contributed by atoms with Crippen LogP contribution in [0.5, 0.6) is 0 Å². The number of hydrogen-bond donors (Lipinski definition) is 1. The SMILES string of the molecule is CCOC(=O)C1=C(C)N(CC(=O)NCCOC)C(=O)C[C@@H]1c1cccc(F)c1. The summed E-state index contributed by atoms with van der Waals surface area (Å²) in [6, 6.07) is 5.80. The van der Waals surface area contributed by atoms with E-state index in [1.807, 2.05) is 0 Å². The third-order valence-corrected chi connectivity index (χ3v) is 4.50. The third-order valence-electron chi connectivity index (χ3n) is 4.50. The fourth-order valence-electron chi connectivity index (χ4n) is 3.18. The summed E-state index contributed by atoms with van der Waals surface area (Å²) >= 11 is 0. The molecular formula is C20H25FN2O5. The second-order valence-corrected chi connectivity index (χ2v) is 6.35. The molecule has 28 heavy (non-hydrogen) atoms. The second-order valence-electron chi connectivity index (χ2n) is 6.35. The first-order chi connectivity index (χ1) is 13.4. The van der Waals surface area contributed by atoms with Crippen molar-refractivity contribution in [1.82, 2.24) is 10.2 Å². The monoisotopic (exact) mass is 392 g/mol. The van der Waals surface area contributed by atoms with E-state index in [0.717, 1.165) is 0 Å². The number of carbonyl (C=O) groups is 3. The smallest absolute Gasteiger partial charge is 0.336 e. The van der Waals surface area contributed by atoms with E-state index in [1.54, 1.807) is 19.9 Å². The Kier molecular flexibility index (Phi) is 7.69. The van der Waals surface area contributed by atoms with Crippen LogP contribution < -0.4 is 5.32 Å². The number of rotatable bonds is 8. The number of nitrogens with one attached hydrogen (secondary N) is 1. The molecule has 7 nitrogen and oxygen atoms in total. The average molecular weight is 392 g/mol. The largest absolute Gasteiger partial charge is 0.463 e. The van der Waals surface area contributed by atoms with Gasteiger partial charge in [0.05, 0.1) is 18.8 Å². The maximum Gasteiger partial charge on any atom is 0.336 e. The van der Waals surface area contributed by atoms with Gasteiger partial charge in [-0.1, -0.05) is 12.1 Å². The Balaban J connectivity index is 2.35. The lowest BCUT2D eigenvalue weighted by molar-refractivity contribution is -0.141. The topological polar surface area (TPSA) is 84.9 Å². The molecule has 8 heteroatoms. The molecule has 0 aliphatic carbocycles. The predicted molar refractivity (Wildman–Crippen MR) is 99.7 cm³/mol. The van der Waals surface area contributed by atoms with Crippen molar-refractivity contribution in [1.29, 1.82) is 0 Å². The van der Waals surface area contributed by atoms with Crippen molar-refractivity contribution in [2.75, 3.05) is 33.4 Å². The molecule has 1 aromatic carbocycles. The molecule has 152 valence electrons. The van der Waals surface area contributed by atoms with Gasteiger partial charge in [0, 0.05) is 31.7 Å². The zero-order chi connectivity index (χ0) is 20.7. The first kappa shape index (κ1) is 21.6. The Hall–Kier alpha value is -2.74. The molecule has 1 heterocycles. The summed E-state index contributed by atoms with van der Waals surface area (Å²) in [6.07, 6.45) is -0.0553. The number of esters is 1. The van der Waals surface area contributed by atoms with Crippen LogP contribution in [0.1, 0.15) is 31.7 Å². The summed E-state index contributed by atoms with van der Waals surface area (Å²) in [5.41, 5.74) is 1.11. The quantitative estimate of drug-likeness (QED) is 0.538. The highest BCUT2D eigenvalue weighted by molar-refractivity contribution is 5.97. The zero-order valence-corrected chi connectivity index (χ0v) is 16.3. The highest BCUT2D eigenvalue weighted by atomic mass is 19.1. The van der Waals surface area contributed by atoms with Gasteiger partial charge in [-0.05, 0) is 31.5 Å². The Morgan fingerprint density at radius 2 is 2.11 bits per heavy atom. The van der Waals surface area contributed by atoms with Crippen molar-refractivity contribution in [3.63, 3.8) is 0 Å². The molecule has 0 spiro atoms. The second kappa shape index (κ2) is 9.98. The van der Waals surface area contributed by atoms with E-state index in [-0.39, 0.29) is 37.0 Å². The molecular weight excluding hydrogens is 367 g/mol. The van der Waals surface area contributed by atoms with Gasteiger partial charge >= 0.3 is 5.97 Å². The summed E-state index contributed by atoms with van der Waals surface area (Å²) in [5, 5.41) is 2.65. The van der Waals surface area contributed by atoms with Gasteiger partial charge in [0.2, 0.25) is 11.8 Å². The summed E-state index contributed by atoms with van der Waals surface area (Å²) in [4.78, 5) is 38.7. The molecule has 0 unspecified atom stereocenters. The normalized spacial score (nSPS) is 16.9. The molecule has 0 aromatic heterocycles. The minimum Gasteiger partial charge on any atom is -0.463 e. The molecule has 0 fully saturated rings. The molecule has 2 amide bonds. The molecule has 1 aromatic rings. The van der Waals surface area contributed by atoms with Crippen molar-refractivity contribution in [3.8, 4) is 0 Å². The van der Waals surface area contributed by atoms with Crippen LogP contribution in [0.2, 0.25) is 0 Å². The molecule has 1 N–H and O–H groups in total. The van der Waals surface area contributed by atoms with Crippen LogP contribution in [-0.2, 0) is 23.9 Å². The number of benzene rings is 1. The van der Waals surface area contributed by atoms with Crippen LogP contribution in [-0.4, -0.2) is 56.1 Å². The van der Waals surface area contributed by atoms with Crippen LogP contribution in [0.15, 0.2) is 35.5 Å². The fraction of sp³-hybridized carbons (Fsp3) is 0.450. The summed E-state index contributed by atoms with van der Waals surface area (Å²) in [7, 11) is 1.52.